The van der Waals surface area contributed by atoms with Gasteiger partial charge in [-0.2, -0.15) is 0 Å². The molecule has 7 heteroatoms. The number of hydrogen-bond acceptors (Lipinski definition) is 4. The average Bonchev–Trinajstić information content (AvgIpc) is 3.45. The molecular formula is C23H34IN3O3. The van der Waals surface area contributed by atoms with Gasteiger partial charge >= 0.3 is 0 Å². The van der Waals surface area contributed by atoms with Gasteiger partial charge in [0.1, 0.15) is 5.76 Å². The van der Waals surface area contributed by atoms with E-state index in [4.69, 9.17) is 18.9 Å². The van der Waals surface area contributed by atoms with Crippen LogP contribution < -0.4 is 10.6 Å². The monoisotopic (exact) mass is 527 g/mol. The van der Waals surface area contributed by atoms with E-state index < -0.39 is 0 Å². The molecule has 0 aliphatic carbocycles. The molecule has 2 heterocycles. The molecular weight excluding hydrogens is 493 g/mol. The van der Waals surface area contributed by atoms with Crippen LogP contribution in [0.5, 0.6) is 0 Å². The van der Waals surface area contributed by atoms with Crippen molar-refractivity contribution >= 4 is 29.9 Å². The van der Waals surface area contributed by atoms with Gasteiger partial charge in [-0.3, -0.25) is 4.99 Å². The molecule has 0 amide bonds. The number of rotatable bonds is 11. The number of guanidine groups is 1. The lowest BCUT2D eigenvalue weighted by atomic mass is 10.1. The minimum Gasteiger partial charge on any atom is -0.469 e. The summed E-state index contributed by atoms with van der Waals surface area (Å²) in [5.41, 5.74) is 1.23. The Morgan fingerprint density at radius 2 is 2.10 bits per heavy atom. The van der Waals surface area contributed by atoms with Gasteiger partial charge in [-0.05, 0) is 43.9 Å². The van der Waals surface area contributed by atoms with Crippen molar-refractivity contribution in [3.8, 4) is 0 Å². The summed E-state index contributed by atoms with van der Waals surface area (Å²) in [6.45, 7) is 5.89. The summed E-state index contributed by atoms with van der Waals surface area (Å²) in [5.74, 6) is 1.78. The Bertz CT molecular complexity index is 704. The van der Waals surface area contributed by atoms with Gasteiger partial charge in [0.25, 0.3) is 0 Å². The van der Waals surface area contributed by atoms with Crippen LogP contribution in [-0.2, 0) is 15.9 Å². The van der Waals surface area contributed by atoms with E-state index in [9.17, 15) is 0 Å². The van der Waals surface area contributed by atoms with E-state index in [0.717, 1.165) is 50.6 Å². The van der Waals surface area contributed by atoms with E-state index in [1.54, 1.807) is 6.26 Å². The first-order valence-electron chi connectivity index (χ1n) is 10.6. The van der Waals surface area contributed by atoms with E-state index in [1.807, 2.05) is 18.2 Å². The van der Waals surface area contributed by atoms with Crippen molar-refractivity contribution in [3.63, 3.8) is 0 Å². The molecule has 0 bridgehead atoms. The molecule has 6 nitrogen and oxygen atoms in total. The highest BCUT2D eigenvalue weighted by atomic mass is 127. The predicted molar refractivity (Wildman–Crippen MR) is 131 cm³/mol. The number of hydrogen-bond donors (Lipinski definition) is 2. The Morgan fingerprint density at radius 3 is 2.83 bits per heavy atom. The minimum absolute atomic E-state index is 0. The van der Waals surface area contributed by atoms with E-state index in [-0.39, 0.29) is 36.1 Å². The predicted octanol–water partition coefficient (Wildman–Crippen LogP) is 4.32. The summed E-state index contributed by atoms with van der Waals surface area (Å²) in [4.78, 5) is 4.73. The molecule has 1 aromatic carbocycles. The third-order valence-corrected chi connectivity index (χ3v) is 4.94. The van der Waals surface area contributed by atoms with Gasteiger partial charge in [0.05, 0.1) is 25.0 Å². The van der Waals surface area contributed by atoms with E-state index >= 15 is 0 Å². The maximum atomic E-state index is 5.73. The Kier molecular flexibility index (Phi) is 11.9. The van der Waals surface area contributed by atoms with Crippen LogP contribution in [0.3, 0.4) is 0 Å². The van der Waals surface area contributed by atoms with Crippen LogP contribution in [0.15, 0.2) is 58.1 Å². The first-order valence-corrected chi connectivity index (χ1v) is 10.6. The summed E-state index contributed by atoms with van der Waals surface area (Å²) in [6.07, 6.45) is 5.96. The first-order chi connectivity index (χ1) is 14.3. The van der Waals surface area contributed by atoms with Crippen molar-refractivity contribution in [1.29, 1.82) is 0 Å². The molecule has 1 aliphatic rings. The van der Waals surface area contributed by atoms with Gasteiger partial charge in [0.2, 0.25) is 0 Å². The molecule has 1 saturated heterocycles. The second kappa shape index (κ2) is 14.4. The minimum atomic E-state index is 0. The maximum Gasteiger partial charge on any atom is 0.191 e. The lowest BCUT2D eigenvalue weighted by molar-refractivity contribution is 0.0171. The lowest BCUT2D eigenvalue weighted by Crippen LogP contribution is -2.40. The number of ether oxygens (including phenoxy) is 2. The fourth-order valence-electron chi connectivity index (χ4n) is 3.29. The van der Waals surface area contributed by atoms with Crippen molar-refractivity contribution in [2.45, 2.75) is 44.8 Å². The van der Waals surface area contributed by atoms with Crippen LogP contribution in [0.1, 0.15) is 43.6 Å². The van der Waals surface area contributed by atoms with Gasteiger partial charge in [-0.15, -0.1) is 24.0 Å². The third kappa shape index (κ3) is 9.06. The van der Waals surface area contributed by atoms with Crippen LogP contribution in [0, 0.1) is 0 Å². The van der Waals surface area contributed by atoms with Crippen molar-refractivity contribution in [2.75, 3.05) is 32.9 Å². The second-order valence-corrected chi connectivity index (χ2v) is 7.33. The molecule has 2 unspecified atom stereocenters. The highest BCUT2D eigenvalue weighted by Crippen LogP contribution is 2.12. The first kappa shape index (κ1) is 24.7. The van der Waals surface area contributed by atoms with Gasteiger partial charge in [0.15, 0.2) is 5.96 Å². The molecule has 0 spiro atoms. The van der Waals surface area contributed by atoms with Crippen LogP contribution >= 0.6 is 24.0 Å². The molecule has 2 aromatic rings. The molecule has 2 atom stereocenters. The largest absolute Gasteiger partial charge is 0.469 e. The second-order valence-electron chi connectivity index (χ2n) is 7.33. The standard InChI is InChI=1S/C23H33N3O3.HI/c1-19(20-8-3-2-4-9-20)26-23(25-14-12-21-10-5-16-28-21)24-13-7-15-27-18-22-11-6-17-29-22;/h2-5,8-10,16,19,22H,6-7,11-15,17-18H2,1H3,(H2,24,25,26);1H. The summed E-state index contributed by atoms with van der Waals surface area (Å²) in [7, 11) is 0. The summed E-state index contributed by atoms with van der Waals surface area (Å²) in [6, 6.07) is 14.5. The van der Waals surface area contributed by atoms with Crippen molar-refractivity contribution in [1.82, 2.24) is 10.6 Å². The zero-order chi connectivity index (χ0) is 20.2. The molecule has 2 N–H and O–H groups in total. The highest BCUT2D eigenvalue weighted by molar-refractivity contribution is 14.0. The van der Waals surface area contributed by atoms with E-state index in [0.29, 0.717) is 19.8 Å². The molecule has 30 heavy (non-hydrogen) atoms. The number of aliphatic imine (C=N–C) groups is 1. The van der Waals surface area contributed by atoms with Gasteiger partial charge in [-0.25, -0.2) is 0 Å². The molecule has 0 saturated carbocycles. The molecule has 166 valence electrons. The quantitative estimate of drug-likeness (QED) is 0.197. The van der Waals surface area contributed by atoms with Crippen molar-refractivity contribution in [2.24, 2.45) is 4.99 Å². The maximum absolute atomic E-state index is 5.73. The molecule has 1 fully saturated rings. The summed E-state index contributed by atoms with van der Waals surface area (Å²) >= 11 is 0. The van der Waals surface area contributed by atoms with Crippen LogP contribution in [0.2, 0.25) is 0 Å². The zero-order valence-corrected chi connectivity index (χ0v) is 20.0. The smallest absolute Gasteiger partial charge is 0.191 e. The van der Waals surface area contributed by atoms with Crippen molar-refractivity contribution < 1.29 is 13.9 Å². The molecule has 1 aromatic heterocycles. The Hall–Kier alpha value is -1.58. The number of nitrogens with zero attached hydrogens (tertiary/aromatic N) is 1. The SMILES string of the molecule is CC(NC(=NCCCOCC1CCCO1)NCCc1ccco1)c1ccccc1.I. The molecule has 1 aliphatic heterocycles. The number of benzene rings is 1. The number of furan rings is 1. The van der Waals surface area contributed by atoms with Gasteiger partial charge in [-0.1, -0.05) is 30.3 Å². The van der Waals surface area contributed by atoms with Crippen LogP contribution in [0.4, 0.5) is 0 Å². The summed E-state index contributed by atoms with van der Waals surface area (Å²) < 4.78 is 16.7. The number of halogens is 1. The van der Waals surface area contributed by atoms with E-state index in [1.165, 1.54) is 5.56 Å². The Balaban J connectivity index is 0.00000320. The van der Waals surface area contributed by atoms with Gasteiger partial charge < -0.3 is 24.5 Å². The Morgan fingerprint density at radius 1 is 1.23 bits per heavy atom. The van der Waals surface area contributed by atoms with Crippen LogP contribution in [0.25, 0.3) is 0 Å². The Labute approximate surface area is 196 Å². The van der Waals surface area contributed by atoms with Crippen LogP contribution in [-0.4, -0.2) is 45.0 Å². The summed E-state index contributed by atoms with van der Waals surface area (Å²) in [5, 5.41) is 6.91. The zero-order valence-electron chi connectivity index (χ0n) is 17.7. The van der Waals surface area contributed by atoms with Gasteiger partial charge in [0, 0.05) is 32.7 Å². The highest BCUT2D eigenvalue weighted by Gasteiger charge is 2.15. The topological polar surface area (TPSA) is 68.0 Å². The molecule has 3 rings (SSSR count). The lowest BCUT2D eigenvalue weighted by Gasteiger charge is -2.18. The molecule has 0 radical (unpaired) electrons. The van der Waals surface area contributed by atoms with Crippen molar-refractivity contribution in [3.05, 3.63) is 60.1 Å². The third-order valence-electron chi connectivity index (χ3n) is 4.94. The fraction of sp³-hybridized carbons (Fsp3) is 0.522. The number of nitrogens with one attached hydrogen (secondary N) is 2. The van der Waals surface area contributed by atoms with E-state index in [2.05, 4.69) is 41.8 Å². The normalized spacial score (nSPS) is 17.4. The average molecular weight is 527 g/mol. The fourth-order valence-corrected chi connectivity index (χ4v) is 3.29.